The molecule has 2 atom stereocenters. The Labute approximate surface area is 221 Å². The summed E-state index contributed by atoms with van der Waals surface area (Å²) in [7, 11) is 0. The number of nitrogens with two attached hydrogens (primary N) is 1. The largest absolute Gasteiger partial charge is 0.456 e. The molecule has 10 heteroatoms. The lowest BCUT2D eigenvalue weighted by Gasteiger charge is -2.13. The van der Waals surface area contributed by atoms with E-state index in [4.69, 9.17) is 22.1 Å². The molecule has 3 N–H and O–H groups in total. The minimum Gasteiger partial charge on any atom is -0.456 e. The van der Waals surface area contributed by atoms with Crippen LogP contribution in [0.25, 0.3) is 0 Å². The number of anilines is 1. The van der Waals surface area contributed by atoms with Gasteiger partial charge >= 0.3 is 0 Å². The number of pyridine rings is 1. The first kappa shape index (κ1) is 27.9. The van der Waals surface area contributed by atoms with Gasteiger partial charge in [-0.15, -0.1) is 0 Å². The predicted molar refractivity (Wildman–Crippen MR) is 145 cm³/mol. The summed E-state index contributed by atoms with van der Waals surface area (Å²) in [6, 6.07) is 1.44. The normalized spacial score (nSPS) is 16.5. The number of allylic oxidation sites excluding steroid dienone is 5. The maximum Gasteiger partial charge on any atom is 0.228 e. The maximum absolute atomic E-state index is 14.7. The van der Waals surface area contributed by atoms with Crippen molar-refractivity contribution < 1.29 is 13.9 Å². The molecule has 0 fully saturated rings. The number of carbonyl (C=O) groups is 1. The summed E-state index contributed by atoms with van der Waals surface area (Å²) in [5, 5.41) is 7.44. The summed E-state index contributed by atoms with van der Waals surface area (Å²) >= 11 is 6.10. The summed E-state index contributed by atoms with van der Waals surface area (Å²) in [5.41, 5.74) is 7.95. The van der Waals surface area contributed by atoms with Crippen LogP contribution in [0.1, 0.15) is 50.9 Å². The van der Waals surface area contributed by atoms with Crippen molar-refractivity contribution in [2.24, 2.45) is 4.99 Å². The zero-order valence-corrected chi connectivity index (χ0v) is 22.0. The van der Waals surface area contributed by atoms with E-state index in [-0.39, 0.29) is 40.7 Å². The van der Waals surface area contributed by atoms with Crippen LogP contribution in [0.5, 0.6) is 5.75 Å². The zero-order valence-electron chi connectivity index (χ0n) is 21.2. The van der Waals surface area contributed by atoms with Crippen LogP contribution in [-0.4, -0.2) is 33.1 Å². The van der Waals surface area contributed by atoms with E-state index >= 15 is 0 Å². The van der Waals surface area contributed by atoms with Gasteiger partial charge in [0.25, 0.3) is 0 Å². The number of hydrogen-bond acceptors (Lipinski definition) is 6. The van der Waals surface area contributed by atoms with Crippen LogP contribution in [0, 0.1) is 0 Å². The molecule has 0 bridgehead atoms. The highest BCUT2D eigenvalue weighted by molar-refractivity contribution is 6.34. The fourth-order valence-corrected chi connectivity index (χ4v) is 3.79. The Hall–Kier alpha value is -3.72. The van der Waals surface area contributed by atoms with Crippen molar-refractivity contribution in [1.82, 2.24) is 20.1 Å². The molecule has 0 saturated carbocycles. The molecule has 2 unspecified atom stereocenters. The average molecular weight is 527 g/mol. The van der Waals surface area contributed by atoms with Crippen molar-refractivity contribution >= 4 is 29.5 Å². The standard InChI is InChI=1S/C27H32ClFN6O2/c1-4-6-13-31-16-18(3)35-22(7-5-2)19(17-33-35)15-25(36)34-20-8-10-21(29)23(11-9-20)37-24-12-14-32-27(30)26(24)28/h6,8-14,16-18,21H,4-5,7,15H2,1-3H3,(H2,30,32)(H,34,36)/b13-6-,31-16?. The molecule has 196 valence electrons. The van der Waals surface area contributed by atoms with Crippen molar-refractivity contribution in [2.45, 2.75) is 58.7 Å². The van der Waals surface area contributed by atoms with E-state index in [0.717, 1.165) is 30.5 Å². The van der Waals surface area contributed by atoms with E-state index in [0.29, 0.717) is 5.70 Å². The Kier molecular flexibility index (Phi) is 10.2. The minimum absolute atomic E-state index is 0.00365. The number of rotatable bonds is 11. The molecule has 1 aliphatic rings. The quantitative estimate of drug-likeness (QED) is 0.379. The Morgan fingerprint density at radius 3 is 2.97 bits per heavy atom. The zero-order chi connectivity index (χ0) is 26.8. The Morgan fingerprint density at radius 1 is 1.41 bits per heavy atom. The first-order valence-electron chi connectivity index (χ1n) is 12.2. The smallest absolute Gasteiger partial charge is 0.228 e. The fraction of sp³-hybridized carbons (Fsp3) is 0.333. The molecule has 2 aromatic rings. The number of nitrogen functional groups attached to an aromatic ring is 1. The van der Waals surface area contributed by atoms with Crippen molar-refractivity contribution in [3.8, 4) is 5.75 Å². The first-order valence-corrected chi connectivity index (χ1v) is 12.6. The third-order valence-electron chi connectivity index (χ3n) is 5.47. The van der Waals surface area contributed by atoms with E-state index in [1.54, 1.807) is 18.5 Å². The summed E-state index contributed by atoms with van der Waals surface area (Å²) in [6.45, 7) is 6.14. The molecular formula is C27H32ClFN6O2. The van der Waals surface area contributed by atoms with Crippen LogP contribution in [0.4, 0.5) is 10.2 Å². The van der Waals surface area contributed by atoms with Gasteiger partial charge in [-0.1, -0.05) is 37.9 Å². The summed E-state index contributed by atoms with van der Waals surface area (Å²) in [6.07, 6.45) is 15.7. The van der Waals surface area contributed by atoms with Gasteiger partial charge in [-0.25, -0.2) is 9.37 Å². The second kappa shape index (κ2) is 13.5. The molecule has 2 aromatic heterocycles. The number of nitrogens with one attached hydrogen (secondary N) is 1. The predicted octanol–water partition coefficient (Wildman–Crippen LogP) is 5.44. The molecule has 0 spiro atoms. The molecule has 37 heavy (non-hydrogen) atoms. The lowest BCUT2D eigenvalue weighted by molar-refractivity contribution is -0.119. The molecule has 3 rings (SSSR count). The molecule has 0 aromatic carbocycles. The third-order valence-corrected chi connectivity index (χ3v) is 5.85. The highest BCUT2D eigenvalue weighted by atomic mass is 35.5. The Morgan fingerprint density at radius 2 is 2.22 bits per heavy atom. The Bertz CT molecular complexity index is 1250. The summed E-state index contributed by atoms with van der Waals surface area (Å²) < 4.78 is 22.2. The van der Waals surface area contributed by atoms with E-state index in [1.165, 1.54) is 30.5 Å². The number of alkyl halides is 1. The van der Waals surface area contributed by atoms with Crippen LogP contribution in [0.2, 0.25) is 5.02 Å². The van der Waals surface area contributed by atoms with Crippen LogP contribution in [0.15, 0.2) is 71.5 Å². The van der Waals surface area contributed by atoms with Gasteiger partial charge in [0, 0.05) is 41.6 Å². The van der Waals surface area contributed by atoms with E-state index in [1.807, 2.05) is 23.9 Å². The van der Waals surface area contributed by atoms with Gasteiger partial charge in [0.05, 0.1) is 18.7 Å². The van der Waals surface area contributed by atoms with Crippen molar-refractivity contribution in [3.05, 3.63) is 82.8 Å². The molecule has 2 heterocycles. The number of halogens is 2. The van der Waals surface area contributed by atoms with Crippen LogP contribution in [0.3, 0.4) is 0 Å². The fourth-order valence-electron chi connectivity index (χ4n) is 3.64. The molecule has 1 aliphatic carbocycles. The molecule has 0 saturated heterocycles. The lowest BCUT2D eigenvalue weighted by Crippen LogP contribution is -2.24. The summed E-state index contributed by atoms with van der Waals surface area (Å²) in [4.78, 5) is 21.0. The highest BCUT2D eigenvalue weighted by Crippen LogP contribution is 2.31. The Balaban J connectivity index is 1.71. The first-order chi connectivity index (χ1) is 17.8. The maximum atomic E-state index is 14.7. The molecule has 0 aliphatic heterocycles. The number of nitrogens with zero attached hydrogens (tertiary/aromatic N) is 4. The molecular weight excluding hydrogens is 495 g/mol. The second-order valence-electron chi connectivity index (χ2n) is 8.43. The van der Waals surface area contributed by atoms with Gasteiger partial charge < -0.3 is 15.8 Å². The number of amides is 1. The van der Waals surface area contributed by atoms with E-state index in [2.05, 4.69) is 34.2 Å². The number of ether oxygens (including phenoxy) is 1. The minimum atomic E-state index is -1.54. The third kappa shape index (κ3) is 7.63. The number of aromatic nitrogens is 3. The highest BCUT2D eigenvalue weighted by Gasteiger charge is 2.19. The molecule has 8 nitrogen and oxygen atoms in total. The van der Waals surface area contributed by atoms with Crippen LogP contribution >= 0.6 is 11.6 Å². The monoisotopic (exact) mass is 526 g/mol. The summed E-state index contributed by atoms with van der Waals surface area (Å²) in [5.74, 6) is 0.0455. The van der Waals surface area contributed by atoms with Gasteiger partial charge in [0.1, 0.15) is 16.6 Å². The van der Waals surface area contributed by atoms with Crippen molar-refractivity contribution in [3.63, 3.8) is 0 Å². The van der Waals surface area contributed by atoms with Crippen molar-refractivity contribution in [1.29, 1.82) is 0 Å². The number of hydrogen-bond donors (Lipinski definition) is 2. The van der Waals surface area contributed by atoms with Crippen molar-refractivity contribution in [2.75, 3.05) is 5.73 Å². The molecule has 0 radical (unpaired) electrons. The number of carbonyl (C=O) groups excluding carboxylic acids is 1. The van der Waals surface area contributed by atoms with Crippen LogP contribution < -0.4 is 15.8 Å². The van der Waals surface area contributed by atoms with Gasteiger partial charge in [0.2, 0.25) is 5.91 Å². The second-order valence-corrected chi connectivity index (χ2v) is 8.81. The van der Waals surface area contributed by atoms with E-state index < -0.39 is 6.17 Å². The lowest BCUT2D eigenvalue weighted by atomic mass is 10.1. The van der Waals surface area contributed by atoms with Gasteiger partial charge in [0.15, 0.2) is 11.9 Å². The topological polar surface area (TPSA) is 107 Å². The number of aliphatic imine (C=N–C) groups is 1. The van der Waals surface area contributed by atoms with Gasteiger partial charge in [-0.2, -0.15) is 5.10 Å². The van der Waals surface area contributed by atoms with Gasteiger partial charge in [-0.3, -0.25) is 14.5 Å². The van der Waals surface area contributed by atoms with E-state index in [9.17, 15) is 9.18 Å². The van der Waals surface area contributed by atoms with Gasteiger partial charge in [-0.05, 0) is 44.1 Å². The average Bonchev–Trinajstić information content (AvgIpc) is 3.18. The molecule has 1 amide bonds. The van der Waals surface area contributed by atoms with Crippen LogP contribution in [-0.2, 0) is 17.6 Å². The SMILES string of the molecule is CC/C=C\N=CC(C)n1ncc(CC(=O)NC2=CC=C(Oc3ccnc(N)c3Cl)C(F)C=C2)c1CCC.